The summed E-state index contributed by atoms with van der Waals surface area (Å²) in [5.41, 5.74) is 0. The summed E-state index contributed by atoms with van der Waals surface area (Å²) in [7, 11) is 1.46. The maximum Gasteiger partial charge on any atom is 0.472 e. The van der Waals surface area contributed by atoms with E-state index in [0.717, 1.165) is 57.8 Å². The predicted octanol–water partition coefficient (Wildman–Crippen LogP) is 13.5. The van der Waals surface area contributed by atoms with E-state index >= 15 is 0 Å². The number of ether oxygens (including phenoxy) is 2. The van der Waals surface area contributed by atoms with Crippen LogP contribution in [0.5, 0.6) is 0 Å². The van der Waals surface area contributed by atoms with E-state index in [9.17, 15) is 19.0 Å². The van der Waals surface area contributed by atoms with Crippen molar-refractivity contribution >= 4 is 19.8 Å². The average molecular weight is 839 g/mol. The highest BCUT2D eigenvalue weighted by Gasteiger charge is 2.27. The number of esters is 2. The Hall–Kier alpha value is -2.03. The van der Waals surface area contributed by atoms with Crippen molar-refractivity contribution in [3.63, 3.8) is 0 Å². The standard InChI is InChI=1S/C48H88NO8P/c1-6-8-10-12-14-16-18-20-22-24-26-28-30-32-34-36-38-40-47(50)54-44-46(45-56-58(52,53)55-43-42-49(3,4)5)57-48(51)41-39-37-35-33-31-29-27-25-23-21-19-17-15-13-11-9-7-2/h14,16-17,19-20,22,26,28,46H,6-13,15,18,21,23-25,27,29-45H2,1-5H3/p+1/b16-14+,19-17+,22-20+,28-26+/t46-/m1/s1. The number of allylic oxidation sites excluding steroid dienone is 8. The Kier molecular flexibility index (Phi) is 39.0. The minimum absolute atomic E-state index is 0.0264. The Balaban J connectivity index is 4.37. The van der Waals surface area contributed by atoms with Gasteiger partial charge in [-0.2, -0.15) is 0 Å². The van der Waals surface area contributed by atoms with Crippen molar-refractivity contribution in [2.75, 3.05) is 47.5 Å². The van der Waals surface area contributed by atoms with Crippen molar-refractivity contribution in [1.82, 2.24) is 0 Å². The first-order chi connectivity index (χ1) is 28.0. The van der Waals surface area contributed by atoms with Gasteiger partial charge in [0.15, 0.2) is 6.10 Å². The van der Waals surface area contributed by atoms with Crippen LogP contribution in [-0.2, 0) is 32.7 Å². The Morgan fingerprint density at radius 1 is 0.534 bits per heavy atom. The summed E-state index contributed by atoms with van der Waals surface area (Å²) in [6.07, 6.45) is 47.2. The van der Waals surface area contributed by atoms with Crippen LogP contribution >= 0.6 is 7.82 Å². The van der Waals surface area contributed by atoms with Crippen molar-refractivity contribution < 1.29 is 42.1 Å². The van der Waals surface area contributed by atoms with Gasteiger partial charge in [0.1, 0.15) is 19.8 Å². The summed E-state index contributed by atoms with van der Waals surface area (Å²) in [4.78, 5) is 35.4. The number of unbranched alkanes of at least 4 members (excludes halogenated alkanes) is 20. The quantitative estimate of drug-likeness (QED) is 0.0213. The third-order valence-electron chi connectivity index (χ3n) is 9.83. The molecular weight excluding hydrogens is 750 g/mol. The normalized spacial score (nSPS) is 14.0. The van der Waals surface area contributed by atoms with E-state index in [-0.39, 0.29) is 32.0 Å². The molecule has 0 aromatic heterocycles. The number of nitrogens with zero attached hydrogens (tertiary/aromatic N) is 1. The van der Waals surface area contributed by atoms with E-state index in [2.05, 4.69) is 62.5 Å². The molecule has 1 N–H and O–H groups in total. The molecule has 0 heterocycles. The van der Waals surface area contributed by atoms with Gasteiger partial charge in [-0.15, -0.1) is 0 Å². The number of rotatable bonds is 42. The predicted molar refractivity (Wildman–Crippen MR) is 243 cm³/mol. The SMILES string of the molecule is CCCCC/C=C/C/C=C/C/C=C/CCCCCCC(=O)OC[C@H](COP(=O)(O)OCC[N+](C)(C)C)OC(=O)CCCCCCCCCCC/C=C/CCCCCC. The zero-order chi connectivity index (χ0) is 42.8. The van der Waals surface area contributed by atoms with Crippen LogP contribution in [0.4, 0.5) is 0 Å². The van der Waals surface area contributed by atoms with Gasteiger partial charge >= 0.3 is 19.8 Å². The molecule has 1 unspecified atom stereocenters. The molecule has 0 aromatic rings. The summed E-state index contributed by atoms with van der Waals surface area (Å²) in [5, 5.41) is 0. The maximum atomic E-state index is 12.7. The van der Waals surface area contributed by atoms with Crippen molar-refractivity contribution in [1.29, 1.82) is 0 Å². The second-order valence-electron chi connectivity index (χ2n) is 16.8. The number of likely N-dealkylation sites (N-methyl/N-ethyl adjacent to an activating group) is 1. The average Bonchev–Trinajstić information content (AvgIpc) is 3.17. The van der Waals surface area contributed by atoms with E-state index in [4.69, 9.17) is 18.5 Å². The van der Waals surface area contributed by atoms with E-state index in [1.807, 2.05) is 21.1 Å². The van der Waals surface area contributed by atoms with Crippen molar-refractivity contribution in [2.24, 2.45) is 0 Å². The van der Waals surface area contributed by atoms with Crippen molar-refractivity contribution in [2.45, 2.75) is 200 Å². The Labute approximate surface area is 356 Å². The van der Waals surface area contributed by atoms with Gasteiger partial charge in [-0.25, -0.2) is 4.57 Å². The molecule has 338 valence electrons. The molecule has 0 spiro atoms. The smallest absolute Gasteiger partial charge is 0.462 e. The van der Waals surface area contributed by atoms with Crippen molar-refractivity contribution in [3.05, 3.63) is 48.6 Å². The molecule has 0 fully saturated rings. The van der Waals surface area contributed by atoms with Gasteiger partial charge in [-0.3, -0.25) is 18.6 Å². The van der Waals surface area contributed by atoms with Crippen LogP contribution < -0.4 is 0 Å². The zero-order valence-corrected chi connectivity index (χ0v) is 38.9. The lowest BCUT2D eigenvalue weighted by atomic mass is 10.1. The highest BCUT2D eigenvalue weighted by Crippen LogP contribution is 2.43. The summed E-state index contributed by atoms with van der Waals surface area (Å²) < 4.78 is 34.3. The Morgan fingerprint density at radius 2 is 0.931 bits per heavy atom. The van der Waals surface area contributed by atoms with Gasteiger partial charge in [0.2, 0.25) is 0 Å². The monoisotopic (exact) mass is 839 g/mol. The molecule has 9 nitrogen and oxygen atoms in total. The summed E-state index contributed by atoms with van der Waals surface area (Å²) in [6.45, 7) is 4.36. The number of hydrogen-bond donors (Lipinski definition) is 1. The summed E-state index contributed by atoms with van der Waals surface area (Å²) in [6, 6.07) is 0. The highest BCUT2D eigenvalue weighted by atomic mass is 31.2. The lowest BCUT2D eigenvalue weighted by Crippen LogP contribution is -2.37. The van der Waals surface area contributed by atoms with Crippen molar-refractivity contribution in [3.8, 4) is 0 Å². The number of carbonyl (C=O) groups is 2. The Bertz CT molecular complexity index is 1130. The molecule has 0 bridgehead atoms. The molecule has 10 heteroatoms. The first-order valence-electron chi connectivity index (χ1n) is 23.4. The number of carbonyl (C=O) groups excluding carboxylic acids is 2. The molecule has 0 rings (SSSR count). The van der Waals surface area contributed by atoms with Gasteiger partial charge in [0.05, 0.1) is 27.7 Å². The van der Waals surface area contributed by atoms with Crippen LogP contribution in [0, 0.1) is 0 Å². The van der Waals surface area contributed by atoms with Crippen LogP contribution in [0.1, 0.15) is 194 Å². The second-order valence-corrected chi connectivity index (χ2v) is 18.2. The van der Waals surface area contributed by atoms with Gasteiger partial charge in [-0.05, 0) is 77.0 Å². The number of phosphoric acid groups is 1. The van der Waals surface area contributed by atoms with Crippen LogP contribution in [0.25, 0.3) is 0 Å². The Morgan fingerprint density at radius 3 is 1.43 bits per heavy atom. The maximum absolute atomic E-state index is 12.7. The largest absolute Gasteiger partial charge is 0.472 e. The fourth-order valence-electron chi connectivity index (χ4n) is 6.13. The van der Waals surface area contributed by atoms with Crippen LogP contribution in [-0.4, -0.2) is 74.9 Å². The second kappa shape index (κ2) is 40.4. The molecule has 0 saturated carbocycles. The molecule has 0 radical (unpaired) electrons. The van der Waals surface area contributed by atoms with Gasteiger partial charge < -0.3 is 18.9 Å². The van der Waals surface area contributed by atoms with Crippen LogP contribution in [0.15, 0.2) is 48.6 Å². The van der Waals surface area contributed by atoms with Gasteiger partial charge in [0.25, 0.3) is 0 Å². The van der Waals surface area contributed by atoms with E-state index in [1.54, 1.807) is 0 Å². The van der Waals surface area contributed by atoms with Crippen LogP contribution in [0.2, 0.25) is 0 Å². The summed E-state index contributed by atoms with van der Waals surface area (Å²) in [5.74, 6) is -0.825. The third kappa shape index (κ3) is 43.5. The fraction of sp³-hybridized carbons (Fsp3) is 0.792. The van der Waals surface area contributed by atoms with Gasteiger partial charge in [-0.1, -0.05) is 152 Å². The van der Waals surface area contributed by atoms with Crippen LogP contribution in [0.3, 0.4) is 0 Å². The molecule has 0 amide bonds. The molecule has 0 aliphatic carbocycles. The van der Waals surface area contributed by atoms with E-state index in [0.29, 0.717) is 23.9 Å². The number of phosphoric ester groups is 1. The highest BCUT2D eigenvalue weighted by molar-refractivity contribution is 7.47. The molecule has 0 aliphatic heterocycles. The lowest BCUT2D eigenvalue weighted by molar-refractivity contribution is -0.870. The molecule has 0 aromatic carbocycles. The molecule has 0 aliphatic rings. The zero-order valence-electron chi connectivity index (χ0n) is 38.0. The molecule has 58 heavy (non-hydrogen) atoms. The summed E-state index contributed by atoms with van der Waals surface area (Å²) >= 11 is 0. The number of quaternary nitrogens is 1. The number of hydrogen-bond acceptors (Lipinski definition) is 7. The minimum Gasteiger partial charge on any atom is -0.462 e. The molecule has 2 atom stereocenters. The topological polar surface area (TPSA) is 108 Å². The lowest BCUT2D eigenvalue weighted by Gasteiger charge is -2.24. The molecular formula is C48H89NO8P+. The first-order valence-corrected chi connectivity index (χ1v) is 24.9. The minimum atomic E-state index is -4.38. The van der Waals surface area contributed by atoms with Gasteiger partial charge in [0, 0.05) is 12.8 Å². The molecule has 0 saturated heterocycles. The van der Waals surface area contributed by atoms with E-state index < -0.39 is 26.5 Å². The first kappa shape index (κ1) is 56.0. The van der Waals surface area contributed by atoms with E-state index in [1.165, 1.54) is 96.3 Å². The fourth-order valence-corrected chi connectivity index (χ4v) is 6.87. The third-order valence-corrected chi connectivity index (χ3v) is 10.8.